The Morgan fingerprint density at radius 3 is 1.95 bits per heavy atom. The minimum atomic E-state index is 0.485. The quantitative estimate of drug-likeness (QED) is 0.779. The Labute approximate surface area is 116 Å². The van der Waals surface area contributed by atoms with Crippen molar-refractivity contribution in [2.75, 3.05) is 0 Å². The fraction of sp³-hybridized carbons (Fsp3) is 0.562. The van der Waals surface area contributed by atoms with Gasteiger partial charge < -0.3 is 4.42 Å². The molecular weight excluding hydrogens is 236 g/mol. The number of furan rings is 1. The Hall–Kier alpha value is -1.51. The highest BCUT2D eigenvalue weighted by Crippen LogP contribution is 2.23. The topological polar surface area (TPSA) is 31.0 Å². The molecule has 0 aliphatic carbocycles. The molecule has 0 fully saturated rings. The number of hydrogen-bond donors (Lipinski definition) is 0. The summed E-state index contributed by atoms with van der Waals surface area (Å²) in [5, 5.41) is 4.23. The van der Waals surface area contributed by atoms with E-state index in [2.05, 4.69) is 39.7 Å². The first-order valence-electron chi connectivity index (χ1n) is 6.89. The SMILES string of the molecule is Cc1ccn(C(C)C)n1.Cc1coc(C)c1C(C)C. The first-order valence-corrected chi connectivity index (χ1v) is 6.89. The number of nitrogens with zero attached hydrogens (tertiary/aromatic N) is 2. The molecule has 0 unspecified atom stereocenters. The molecule has 19 heavy (non-hydrogen) atoms. The summed E-state index contributed by atoms with van der Waals surface area (Å²) in [5.74, 6) is 1.64. The van der Waals surface area contributed by atoms with Crippen molar-refractivity contribution in [2.24, 2.45) is 0 Å². The third-order valence-electron chi connectivity index (χ3n) is 3.06. The average molecular weight is 262 g/mol. The second-order valence-electron chi connectivity index (χ2n) is 5.57. The van der Waals surface area contributed by atoms with Gasteiger partial charge in [0.05, 0.1) is 12.0 Å². The molecule has 0 amide bonds. The van der Waals surface area contributed by atoms with Crippen LogP contribution in [0.4, 0.5) is 0 Å². The van der Waals surface area contributed by atoms with Gasteiger partial charge in [-0.05, 0) is 57.7 Å². The van der Waals surface area contributed by atoms with Crippen LogP contribution in [0.2, 0.25) is 0 Å². The van der Waals surface area contributed by atoms with E-state index in [1.165, 1.54) is 11.1 Å². The molecule has 0 bridgehead atoms. The van der Waals surface area contributed by atoms with Gasteiger partial charge in [-0.25, -0.2) is 0 Å². The first kappa shape index (κ1) is 15.5. The van der Waals surface area contributed by atoms with Crippen LogP contribution in [0, 0.1) is 20.8 Å². The Bertz CT molecular complexity index is 487. The van der Waals surface area contributed by atoms with Crippen molar-refractivity contribution in [3.8, 4) is 0 Å². The first-order chi connectivity index (χ1) is 8.82. The van der Waals surface area contributed by atoms with Gasteiger partial charge in [-0.2, -0.15) is 5.10 Å². The maximum atomic E-state index is 5.26. The minimum absolute atomic E-state index is 0.485. The highest BCUT2D eigenvalue weighted by Gasteiger charge is 2.09. The highest BCUT2D eigenvalue weighted by molar-refractivity contribution is 5.28. The van der Waals surface area contributed by atoms with Crippen LogP contribution in [0.1, 0.15) is 62.2 Å². The van der Waals surface area contributed by atoms with E-state index in [1.54, 1.807) is 0 Å². The molecule has 0 atom stereocenters. The lowest BCUT2D eigenvalue weighted by atomic mass is 10.0. The second kappa shape index (κ2) is 6.60. The monoisotopic (exact) mass is 262 g/mol. The fourth-order valence-corrected chi connectivity index (χ4v) is 2.16. The number of hydrogen-bond acceptors (Lipinski definition) is 2. The predicted octanol–water partition coefficient (Wildman–Crippen LogP) is 4.79. The Morgan fingerprint density at radius 1 is 1.11 bits per heavy atom. The van der Waals surface area contributed by atoms with Gasteiger partial charge in [-0.15, -0.1) is 0 Å². The van der Waals surface area contributed by atoms with Crippen molar-refractivity contribution in [1.82, 2.24) is 9.78 Å². The summed E-state index contributed by atoms with van der Waals surface area (Å²) in [4.78, 5) is 0. The zero-order chi connectivity index (χ0) is 14.6. The molecule has 0 aliphatic heterocycles. The Morgan fingerprint density at radius 2 is 1.74 bits per heavy atom. The van der Waals surface area contributed by atoms with Crippen molar-refractivity contribution in [3.05, 3.63) is 41.1 Å². The zero-order valence-corrected chi connectivity index (χ0v) is 13.2. The summed E-state index contributed by atoms with van der Waals surface area (Å²) in [6.07, 6.45) is 3.82. The molecule has 0 aliphatic rings. The summed E-state index contributed by atoms with van der Waals surface area (Å²) in [7, 11) is 0. The maximum Gasteiger partial charge on any atom is 0.104 e. The van der Waals surface area contributed by atoms with Gasteiger partial charge in [0.1, 0.15) is 5.76 Å². The molecule has 2 aromatic heterocycles. The molecule has 3 heteroatoms. The van der Waals surface area contributed by atoms with E-state index < -0.39 is 0 Å². The zero-order valence-electron chi connectivity index (χ0n) is 13.2. The Kier molecular flexibility index (Phi) is 5.40. The van der Waals surface area contributed by atoms with Gasteiger partial charge >= 0.3 is 0 Å². The normalized spacial score (nSPS) is 10.8. The lowest BCUT2D eigenvalue weighted by Gasteiger charge is -2.02. The molecule has 2 heterocycles. The second-order valence-corrected chi connectivity index (χ2v) is 5.57. The lowest BCUT2D eigenvalue weighted by molar-refractivity contribution is 0.526. The van der Waals surface area contributed by atoms with Gasteiger partial charge in [-0.3, -0.25) is 4.68 Å². The van der Waals surface area contributed by atoms with Crippen LogP contribution in [-0.2, 0) is 0 Å². The Balaban J connectivity index is 0.000000191. The molecule has 0 saturated heterocycles. The van der Waals surface area contributed by atoms with E-state index in [1.807, 2.05) is 37.1 Å². The van der Waals surface area contributed by atoms with Gasteiger partial charge in [0.15, 0.2) is 0 Å². The molecule has 0 N–H and O–H groups in total. The molecule has 106 valence electrons. The standard InChI is InChI=1S/C9H14O.C7H12N2/c1-6(2)9-7(3)5-10-8(9)4;1-6(2)9-5-4-7(3)8-9/h5-6H,1-4H3;4-6H,1-3H3. The summed E-state index contributed by atoms with van der Waals surface area (Å²) in [5.41, 5.74) is 3.72. The average Bonchev–Trinajstić information content (AvgIpc) is 2.86. The maximum absolute atomic E-state index is 5.26. The molecule has 0 spiro atoms. The van der Waals surface area contributed by atoms with E-state index in [-0.39, 0.29) is 0 Å². The van der Waals surface area contributed by atoms with Crippen LogP contribution in [0.25, 0.3) is 0 Å². The lowest BCUT2D eigenvalue weighted by Crippen LogP contribution is -2.00. The van der Waals surface area contributed by atoms with Crippen LogP contribution >= 0.6 is 0 Å². The molecule has 0 aromatic carbocycles. The predicted molar refractivity (Wildman–Crippen MR) is 79.6 cm³/mol. The van der Waals surface area contributed by atoms with Crippen LogP contribution in [0.3, 0.4) is 0 Å². The molecule has 2 rings (SSSR count). The van der Waals surface area contributed by atoms with Crippen molar-refractivity contribution >= 4 is 0 Å². The minimum Gasteiger partial charge on any atom is -0.469 e. The molecule has 3 nitrogen and oxygen atoms in total. The number of rotatable bonds is 2. The van der Waals surface area contributed by atoms with E-state index in [0.29, 0.717) is 12.0 Å². The fourth-order valence-electron chi connectivity index (χ4n) is 2.16. The van der Waals surface area contributed by atoms with Crippen molar-refractivity contribution in [1.29, 1.82) is 0 Å². The number of aryl methyl sites for hydroxylation is 3. The smallest absolute Gasteiger partial charge is 0.104 e. The van der Waals surface area contributed by atoms with Crippen LogP contribution in [0.5, 0.6) is 0 Å². The van der Waals surface area contributed by atoms with Crippen LogP contribution in [-0.4, -0.2) is 9.78 Å². The summed E-state index contributed by atoms with van der Waals surface area (Å²) in [6.45, 7) is 14.7. The van der Waals surface area contributed by atoms with Gasteiger partial charge in [0, 0.05) is 12.2 Å². The molecule has 0 saturated carbocycles. The van der Waals surface area contributed by atoms with Crippen LogP contribution in [0.15, 0.2) is 22.9 Å². The van der Waals surface area contributed by atoms with E-state index >= 15 is 0 Å². The molecule has 0 radical (unpaired) electrons. The largest absolute Gasteiger partial charge is 0.469 e. The van der Waals surface area contributed by atoms with E-state index in [4.69, 9.17) is 4.42 Å². The van der Waals surface area contributed by atoms with Gasteiger partial charge in [0.25, 0.3) is 0 Å². The van der Waals surface area contributed by atoms with Gasteiger partial charge in [0.2, 0.25) is 0 Å². The van der Waals surface area contributed by atoms with Gasteiger partial charge in [-0.1, -0.05) is 13.8 Å². The summed E-state index contributed by atoms with van der Waals surface area (Å²) >= 11 is 0. The van der Waals surface area contributed by atoms with E-state index in [0.717, 1.165) is 11.5 Å². The van der Waals surface area contributed by atoms with Crippen molar-refractivity contribution in [2.45, 2.75) is 60.4 Å². The highest BCUT2D eigenvalue weighted by atomic mass is 16.3. The third kappa shape index (κ3) is 4.27. The molecular formula is C16H26N2O. The summed E-state index contributed by atoms with van der Waals surface area (Å²) in [6, 6.07) is 2.50. The van der Waals surface area contributed by atoms with E-state index in [9.17, 15) is 0 Å². The third-order valence-corrected chi connectivity index (χ3v) is 3.06. The van der Waals surface area contributed by atoms with Crippen LogP contribution < -0.4 is 0 Å². The summed E-state index contributed by atoms with van der Waals surface area (Å²) < 4.78 is 7.21. The van der Waals surface area contributed by atoms with Crippen molar-refractivity contribution in [3.63, 3.8) is 0 Å². The van der Waals surface area contributed by atoms with Crippen molar-refractivity contribution < 1.29 is 4.42 Å². The molecule has 2 aromatic rings. The number of aromatic nitrogens is 2.